The van der Waals surface area contributed by atoms with Gasteiger partial charge in [0.2, 0.25) is 0 Å². The van der Waals surface area contributed by atoms with Gasteiger partial charge in [0.1, 0.15) is 17.4 Å². The van der Waals surface area contributed by atoms with Gasteiger partial charge >= 0.3 is 0 Å². The molecule has 0 aliphatic heterocycles. The molecule has 0 unspecified atom stereocenters. The highest BCUT2D eigenvalue weighted by Gasteiger charge is 2.21. The molecular weight excluding hydrogens is 288 g/mol. The van der Waals surface area contributed by atoms with Gasteiger partial charge < -0.3 is 14.8 Å². The summed E-state index contributed by atoms with van der Waals surface area (Å²) in [5.74, 6) is 0.595. The van der Waals surface area contributed by atoms with Crippen molar-refractivity contribution in [2.24, 2.45) is 0 Å². The van der Waals surface area contributed by atoms with Gasteiger partial charge in [0, 0.05) is 36.3 Å². The quantitative estimate of drug-likeness (QED) is 0.732. The lowest BCUT2D eigenvalue weighted by atomic mass is 9.85. The summed E-state index contributed by atoms with van der Waals surface area (Å²) >= 11 is 0. The van der Waals surface area contributed by atoms with Crippen molar-refractivity contribution in [3.63, 3.8) is 0 Å². The van der Waals surface area contributed by atoms with Gasteiger partial charge in [-0.25, -0.2) is 0 Å². The molecule has 2 aromatic heterocycles. The Morgan fingerprint density at radius 2 is 2.04 bits per heavy atom. The van der Waals surface area contributed by atoms with Crippen molar-refractivity contribution in [1.82, 2.24) is 10.3 Å². The van der Waals surface area contributed by atoms with Crippen LogP contribution >= 0.6 is 0 Å². The molecule has 0 saturated carbocycles. The first-order valence-electron chi connectivity index (χ1n) is 7.84. The third-order valence-corrected chi connectivity index (χ3v) is 4.12. The minimum atomic E-state index is -0.660. The minimum absolute atomic E-state index is 0.0537. The van der Waals surface area contributed by atoms with E-state index in [9.17, 15) is 5.11 Å². The van der Waals surface area contributed by atoms with E-state index >= 15 is 0 Å². The van der Waals surface area contributed by atoms with Crippen molar-refractivity contribution in [2.45, 2.75) is 25.4 Å². The van der Waals surface area contributed by atoms with E-state index in [4.69, 9.17) is 4.42 Å². The fourth-order valence-electron chi connectivity index (χ4n) is 2.65. The maximum absolute atomic E-state index is 10.3. The second kappa shape index (κ2) is 6.52. The first-order valence-corrected chi connectivity index (χ1v) is 7.84. The van der Waals surface area contributed by atoms with Crippen LogP contribution in [0, 0.1) is 0 Å². The predicted molar refractivity (Wildman–Crippen MR) is 91.3 cm³/mol. The molecule has 3 aromatic rings. The fraction of sp³-hybridized carbons (Fsp3) is 0.316. The summed E-state index contributed by atoms with van der Waals surface area (Å²) in [6, 6.07) is 13.7. The maximum Gasteiger partial charge on any atom is 0.135 e. The standard InChI is InChI=1S/C19H22N2O2/c1-19(2,15-7-5-9-20-11-15)13-21-12-16(22)18-10-14-6-3-4-8-17(14)23-18/h3-11,16,21-22H,12-13H2,1-2H3/t16-/m1/s1. The van der Waals surface area contributed by atoms with Crippen LogP contribution in [0.2, 0.25) is 0 Å². The number of benzene rings is 1. The molecule has 4 heteroatoms. The zero-order valence-electron chi connectivity index (χ0n) is 13.5. The van der Waals surface area contributed by atoms with E-state index in [1.165, 1.54) is 5.56 Å². The number of fused-ring (bicyclic) bond motifs is 1. The lowest BCUT2D eigenvalue weighted by Crippen LogP contribution is -2.35. The predicted octanol–water partition coefficient (Wildman–Crippen LogP) is 3.43. The summed E-state index contributed by atoms with van der Waals surface area (Å²) in [6.07, 6.45) is 3.00. The number of para-hydroxylation sites is 1. The molecule has 0 spiro atoms. The Hall–Kier alpha value is -2.17. The van der Waals surface area contributed by atoms with Crippen LogP contribution in [-0.4, -0.2) is 23.2 Å². The molecule has 1 aromatic carbocycles. The van der Waals surface area contributed by atoms with E-state index in [1.54, 1.807) is 6.20 Å². The largest absolute Gasteiger partial charge is 0.458 e. The van der Waals surface area contributed by atoms with E-state index in [2.05, 4.69) is 30.2 Å². The summed E-state index contributed by atoms with van der Waals surface area (Å²) in [5.41, 5.74) is 1.92. The van der Waals surface area contributed by atoms with Gasteiger partial charge in [0.15, 0.2) is 0 Å². The van der Waals surface area contributed by atoms with Gasteiger partial charge in [-0.05, 0) is 23.8 Å². The molecule has 0 radical (unpaired) electrons. The molecular formula is C19H22N2O2. The molecule has 0 aliphatic rings. The van der Waals surface area contributed by atoms with E-state index < -0.39 is 6.10 Å². The third-order valence-electron chi connectivity index (χ3n) is 4.12. The zero-order valence-corrected chi connectivity index (χ0v) is 13.5. The number of hydrogen-bond acceptors (Lipinski definition) is 4. The lowest BCUT2D eigenvalue weighted by Gasteiger charge is -2.25. The highest BCUT2D eigenvalue weighted by molar-refractivity contribution is 5.77. The Balaban J connectivity index is 1.59. The van der Waals surface area contributed by atoms with Crippen LogP contribution in [0.4, 0.5) is 0 Å². The summed E-state index contributed by atoms with van der Waals surface area (Å²) in [4.78, 5) is 4.17. The van der Waals surface area contributed by atoms with Crippen molar-refractivity contribution < 1.29 is 9.52 Å². The number of pyridine rings is 1. The first kappa shape index (κ1) is 15.7. The topological polar surface area (TPSA) is 58.3 Å². The van der Waals surface area contributed by atoms with Crippen LogP contribution in [0.5, 0.6) is 0 Å². The summed E-state index contributed by atoms with van der Waals surface area (Å²) in [7, 11) is 0. The molecule has 0 aliphatic carbocycles. The van der Waals surface area contributed by atoms with Crippen LogP contribution in [0.15, 0.2) is 59.3 Å². The Morgan fingerprint density at radius 3 is 2.78 bits per heavy atom. The number of aromatic nitrogens is 1. The van der Waals surface area contributed by atoms with Crippen LogP contribution in [0.3, 0.4) is 0 Å². The number of rotatable bonds is 6. The maximum atomic E-state index is 10.3. The summed E-state index contributed by atoms with van der Waals surface area (Å²) in [6.45, 7) is 5.51. The average Bonchev–Trinajstić information content (AvgIpc) is 2.99. The van der Waals surface area contributed by atoms with E-state index in [0.717, 1.165) is 17.5 Å². The molecule has 1 atom stereocenters. The van der Waals surface area contributed by atoms with Gasteiger partial charge in [-0.2, -0.15) is 0 Å². The van der Waals surface area contributed by atoms with E-state index in [0.29, 0.717) is 12.3 Å². The lowest BCUT2D eigenvalue weighted by molar-refractivity contribution is 0.148. The van der Waals surface area contributed by atoms with Crippen LogP contribution < -0.4 is 5.32 Å². The second-order valence-corrected chi connectivity index (χ2v) is 6.46. The minimum Gasteiger partial charge on any atom is -0.458 e. The Morgan fingerprint density at radius 1 is 1.22 bits per heavy atom. The zero-order chi connectivity index (χ0) is 16.3. The highest BCUT2D eigenvalue weighted by atomic mass is 16.4. The smallest absolute Gasteiger partial charge is 0.135 e. The average molecular weight is 310 g/mol. The second-order valence-electron chi connectivity index (χ2n) is 6.46. The third kappa shape index (κ3) is 3.60. The van der Waals surface area contributed by atoms with Crippen molar-refractivity contribution >= 4 is 11.0 Å². The molecule has 4 nitrogen and oxygen atoms in total. The molecule has 0 bridgehead atoms. The number of aliphatic hydroxyl groups excluding tert-OH is 1. The number of furan rings is 1. The molecule has 0 fully saturated rings. The molecule has 120 valence electrons. The van der Waals surface area contributed by atoms with E-state index in [-0.39, 0.29) is 5.41 Å². The van der Waals surface area contributed by atoms with Gasteiger partial charge in [-0.3, -0.25) is 4.98 Å². The summed E-state index contributed by atoms with van der Waals surface area (Å²) < 4.78 is 5.70. The molecule has 0 saturated heterocycles. The van der Waals surface area contributed by atoms with Crippen molar-refractivity contribution in [2.75, 3.05) is 13.1 Å². The molecule has 2 N–H and O–H groups in total. The van der Waals surface area contributed by atoms with Gasteiger partial charge in [-0.15, -0.1) is 0 Å². The molecule has 0 amide bonds. The van der Waals surface area contributed by atoms with Crippen LogP contribution in [-0.2, 0) is 5.41 Å². The van der Waals surface area contributed by atoms with Gasteiger partial charge in [-0.1, -0.05) is 38.1 Å². The van der Waals surface area contributed by atoms with Gasteiger partial charge in [0.25, 0.3) is 0 Å². The van der Waals surface area contributed by atoms with Gasteiger partial charge in [0.05, 0.1) is 0 Å². The monoisotopic (exact) mass is 310 g/mol. The Bertz CT molecular complexity index is 732. The van der Waals surface area contributed by atoms with Crippen molar-refractivity contribution in [1.29, 1.82) is 0 Å². The van der Waals surface area contributed by atoms with Crippen LogP contribution in [0.1, 0.15) is 31.3 Å². The number of aliphatic hydroxyl groups is 1. The van der Waals surface area contributed by atoms with Crippen molar-refractivity contribution in [3.05, 3.63) is 66.2 Å². The molecule has 3 rings (SSSR count). The number of nitrogens with zero attached hydrogens (tertiary/aromatic N) is 1. The fourth-order valence-corrected chi connectivity index (χ4v) is 2.65. The Labute approximate surface area is 136 Å². The van der Waals surface area contributed by atoms with E-state index in [1.807, 2.05) is 42.6 Å². The van der Waals surface area contributed by atoms with Crippen LogP contribution in [0.25, 0.3) is 11.0 Å². The summed E-state index contributed by atoms with van der Waals surface area (Å²) in [5, 5.41) is 14.7. The number of nitrogens with one attached hydrogen (secondary N) is 1. The first-order chi connectivity index (χ1) is 11.1. The molecule has 2 heterocycles. The number of hydrogen-bond donors (Lipinski definition) is 2. The van der Waals surface area contributed by atoms with Crippen molar-refractivity contribution in [3.8, 4) is 0 Å². The highest BCUT2D eigenvalue weighted by Crippen LogP contribution is 2.24. The Kier molecular flexibility index (Phi) is 4.46. The normalized spacial score (nSPS) is 13.3. The SMILES string of the molecule is CC(C)(CNC[C@@H](O)c1cc2ccccc2o1)c1cccnc1. The molecule has 23 heavy (non-hydrogen) atoms.